The Morgan fingerprint density at radius 2 is 1.46 bits per heavy atom. The first kappa shape index (κ1) is 21.4. The minimum atomic E-state index is -0.530. The van der Waals surface area contributed by atoms with E-state index in [4.69, 9.17) is 9.47 Å². The molecule has 0 saturated carbocycles. The maximum absolute atomic E-state index is 12.0. The maximum atomic E-state index is 12.0. The number of carbonyl (C=O) groups excluding carboxylic acids is 2. The van der Waals surface area contributed by atoms with Crippen LogP contribution in [0.2, 0.25) is 0 Å². The van der Waals surface area contributed by atoms with Crippen molar-refractivity contribution in [1.29, 1.82) is 0 Å². The molecule has 0 spiro atoms. The lowest BCUT2D eigenvalue weighted by molar-refractivity contribution is -0.143. The monoisotopic (exact) mass is 380 g/mol. The third-order valence-electron chi connectivity index (χ3n) is 4.16. The van der Waals surface area contributed by atoms with Gasteiger partial charge in [0.05, 0.1) is 12.0 Å². The van der Waals surface area contributed by atoms with Gasteiger partial charge in [-0.15, -0.1) is 0 Å². The highest BCUT2D eigenvalue weighted by molar-refractivity contribution is 5.86. The van der Waals surface area contributed by atoms with Gasteiger partial charge in [0, 0.05) is 5.57 Å². The molecule has 28 heavy (non-hydrogen) atoms. The average Bonchev–Trinajstić information content (AvgIpc) is 2.65. The third-order valence-corrected chi connectivity index (χ3v) is 4.16. The molecule has 0 radical (unpaired) electrons. The summed E-state index contributed by atoms with van der Waals surface area (Å²) in [6, 6.07) is 15.8. The van der Waals surface area contributed by atoms with Crippen molar-refractivity contribution in [2.24, 2.45) is 5.41 Å². The number of hydrogen-bond donors (Lipinski definition) is 0. The summed E-state index contributed by atoms with van der Waals surface area (Å²) in [6.45, 7) is 11.1. The van der Waals surface area contributed by atoms with E-state index in [1.165, 1.54) is 5.56 Å². The van der Waals surface area contributed by atoms with Gasteiger partial charge >= 0.3 is 11.9 Å². The lowest BCUT2D eigenvalue weighted by Gasteiger charge is -2.16. The molecule has 0 saturated heterocycles. The molecule has 2 aromatic carbocycles. The molecule has 4 nitrogen and oxygen atoms in total. The number of hydrogen-bond acceptors (Lipinski definition) is 4. The Hall–Kier alpha value is -2.88. The molecule has 0 aliphatic carbocycles. The van der Waals surface area contributed by atoms with Gasteiger partial charge in [0.2, 0.25) is 0 Å². The van der Waals surface area contributed by atoms with Gasteiger partial charge in [-0.05, 0) is 69.4 Å². The zero-order chi connectivity index (χ0) is 20.7. The molecule has 0 atom stereocenters. The van der Waals surface area contributed by atoms with Gasteiger partial charge < -0.3 is 9.47 Å². The molecule has 0 unspecified atom stereocenters. The topological polar surface area (TPSA) is 52.6 Å². The van der Waals surface area contributed by atoms with Gasteiger partial charge in [-0.25, -0.2) is 4.79 Å². The minimum absolute atomic E-state index is 0.251. The normalized spacial score (nSPS) is 11.0. The van der Waals surface area contributed by atoms with Gasteiger partial charge in [0.1, 0.15) is 5.75 Å². The van der Waals surface area contributed by atoms with Gasteiger partial charge in [0.25, 0.3) is 0 Å². The molecule has 2 rings (SSSR count). The number of ether oxygens (including phenoxy) is 2. The third kappa shape index (κ3) is 6.38. The zero-order valence-corrected chi connectivity index (χ0v) is 17.1. The van der Waals surface area contributed by atoms with Crippen LogP contribution in [-0.2, 0) is 20.7 Å². The van der Waals surface area contributed by atoms with Crippen LogP contribution < -0.4 is 4.74 Å². The molecule has 0 fully saturated rings. The summed E-state index contributed by atoms with van der Waals surface area (Å²) in [7, 11) is 0. The molecule has 148 valence electrons. The summed E-state index contributed by atoms with van der Waals surface area (Å²) >= 11 is 0. The van der Waals surface area contributed by atoms with Gasteiger partial charge in [0.15, 0.2) is 0 Å². The number of rotatable bonds is 7. The number of aryl methyl sites for hydroxylation is 1. The minimum Gasteiger partial charge on any atom is -0.462 e. The van der Waals surface area contributed by atoms with Crippen molar-refractivity contribution < 1.29 is 19.1 Å². The Balaban J connectivity index is 1.90. The van der Waals surface area contributed by atoms with Crippen molar-refractivity contribution in [2.75, 3.05) is 6.61 Å². The van der Waals surface area contributed by atoms with Crippen LogP contribution in [0.15, 0.2) is 60.7 Å². The second-order valence-electron chi connectivity index (χ2n) is 7.88. The molecule has 0 aliphatic rings. The quantitative estimate of drug-likeness (QED) is 0.281. The Morgan fingerprint density at radius 3 is 1.96 bits per heavy atom. The number of esters is 2. The molecule has 0 aliphatic heterocycles. The van der Waals surface area contributed by atoms with Crippen molar-refractivity contribution >= 4 is 11.9 Å². The highest BCUT2D eigenvalue weighted by atomic mass is 16.5. The first-order valence-corrected chi connectivity index (χ1v) is 9.41. The van der Waals surface area contributed by atoms with Gasteiger partial charge in [-0.2, -0.15) is 0 Å². The summed E-state index contributed by atoms with van der Waals surface area (Å²) in [5.41, 5.74) is 3.22. The van der Waals surface area contributed by atoms with Crippen LogP contribution in [0, 0.1) is 5.41 Å². The van der Waals surface area contributed by atoms with Crippen LogP contribution in [0.4, 0.5) is 0 Å². The molecular formula is C24H28O4. The Bertz CT molecular complexity index is 824. The molecule has 0 amide bonds. The van der Waals surface area contributed by atoms with E-state index in [0.29, 0.717) is 17.9 Å². The van der Waals surface area contributed by atoms with Crippen LogP contribution in [0.25, 0.3) is 11.1 Å². The van der Waals surface area contributed by atoms with Crippen molar-refractivity contribution in [2.45, 2.75) is 40.5 Å². The van der Waals surface area contributed by atoms with Gasteiger partial charge in [-0.1, -0.05) is 43.0 Å². The fourth-order valence-electron chi connectivity index (χ4n) is 2.40. The molecule has 4 heteroatoms. The summed E-state index contributed by atoms with van der Waals surface area (Å²) < 4.78 is 10.5. The largest absolute Gasteiger partial charge is 0.462 e. The van der Waals surface area contributed by atoms with E-state index >= 15 is 0 Å². The lowest BCUT2D eigenvalue weighted by Crippen LogP contribution is -2.25. The van der Waals surface area contributed by atoms with Crippen LogP contribution in [0.5, 0.6) is 5.75 Å². The average molecular weight is 380 g/mol. The second kappa shape index (κ2) is 9.36. The summed E-state index contributed by atoms with van der Waals surface area (Å²) in [6.07, 6.45) is 1.61. The second-order valence-corrected chi connectivity index (χ2v) is 7.88. The van der Waals surface area contributed by atoms with Crippen molar-refractivity contribution in [3.8, 4) is 16.9 Å². The van der Waals surface area contributed by atoms with Crippen molar-refractivity contribution in [3.63, 3.8) is 0 Å². The lowest BCUT2D eigenvalue weighted by atomic mass is 9.97. The van der Waals surface area contributed by atoms with Crippen LogP contribution in [0.3, 0.4) is 0 Å². The Kier molecular flexibility index (Phi) is 7.16. The highest BCUT2D eigenvalue weighted by Gasteiger charge is 2.23. The molecule has 0 heterocycles. The molecule has 0 bridgehead atoms. The number of carbonyl (C=O) groups is 2. The van der Waals surface area contributed by atoms with Crippen molar-refractivity contribution in [1.82, 2.24) is 0 Å². The first-order chi connectivity index (χ1) is 13.2. The summed E-state index contributed by atoms with van der Waals surface area (Å²) in [5.74, 6) is -0.0462. The molecular weight excluding hydrogens is 352 g/mol. The first-order valence-electron chi connectivity index (χ1n) is 9.41. The van der Waals surface area contributed by atoms with E-state index in [1.807, 2.05) is 45.0 Å². The van der Waals surface area contributed by atoms with E-state index in [9.17, 15) is 9.59 Å². The predicted octanol–water partition coefficient (Wildman–Crippen LogP) is 5.36. The molecule has 0 N–H and O–H groups in total. The fourth-order valence-corrected chi connectivity index (χ4v) is 2.40. The maximum Gasteiger partial charge on any atom is 0.333 e. The van der Waals surface area contributed by atoms with Crippen LogP contribution in [0.1, 0.15) is 39.7 Å². The van der Waals surface area contributed by atoms with E-state index in [-0.39, 0.29) is 11.9 Å². The standard InChI is InChI=1S/C24H28O4/c1-17(2)22(25)27-16-6-7-18-8-10-19(11-9-18)20-12-14-21(15-13-20)28-23(26)24(3,4)5/h8-15H,1,6-7,16H2,2-5H3. The Morgan fingerprint density at radius 1 is 0.929 bits per heavy atom. The summed E-state index contributed by atoms with van der Waals surface area (Å²) in [4.78, 5) is 23.3. The zero-order valence-electron chi connectivity index (χ0n) is 17.1. The van der Waals surface area contributed by atoms with E-state index in [1.54, 1.807) is 6.92 Å². The predicted molar refractivity (Wildman–Crippen MR) is 111 cm³/mol. The molecule has 0 aromatic heterocycles. The van der Waals surface area contributed by atoms with E-state index < -0.39 is 5.41 Å². The number of benzene rings is 2. The van der Waals surface area contributed by atoms with Crippen LogP contribution in [-0.4, -0.2) is 18.5 Å². The van der Waals surface area contributed by atoms with E-state index in [2.05, 4.69) is 30.8 Å². The molecule has 2 aromatic rings. The van der Waals surface area contributed by atoms with Crippen molar-refractivity contribution in [3.05, 3.63) is 66.2 Å². The smallest absolute Gasteiger partial charge is 0.333 e. The van der Waals surface area contributed by atoms with E-state index in [0.717, 1.165) is 24.0 Å². The van der Waals surface area contributed by atoms with Crippen LogP contribution >= 0.6 is 0 Å². The summed E-state index contributed by atoms with van der Waals surface area (Å²) in [5, 5.41) is 0. The van der Waals surface area contributed by atoms with Gasteiger partial charge in [-0.3, -0.25) is 4.79 Å². The highest BCUT2D eigenvalue weighted by Crippen LogP contribution is 2.25. The Labute approximate surface area is 167 Å². The fraction of sp³-hybridized carbons (Fsp3) is 0.333. The SMILES string of the molecule is C=C(C)C(=O)OCCCc1ccc(-c2ccc(OC(=O)C(C)(C)C)cc2)cc1.